The summed E-state index contributed by atoms with van der Waals surface area (Å²) < 4.78 is 0.520. The Morgan fingerprint density at radius 3 is 2.53 bits per heavy atom. The van der Waals surface area contributed by atoms with E-state index >= 15 is 0 Å². The topological polar surface area (TPSA) is 66.4 Å². The van der Waals surface area contributed by atoms with Gasteiger partial charge < -0.3 is 10.4 Å². The van der Waals surface area contributed by atoms with Gasteiger partial charge >= 0.3 is 5.97 Å². The number of halogens is 1. The number of rotatable bonds is 4. The summed E-state index contributed by atoms with van der Waals surface area (Å²) in [4.78, 5) is 23.3. The fourth-order valence-corrected chi connectivity index (χ4v) is 2.75. The van der Waals surface area contributed by atoms with Crippen LogP contribution in [0.1, 0.15) is 42.1 Å². The Hall–Kier alpha value is -1.36. The first-order chi connectivity index (χ1) is 8.89. The first kappa shape index (κ1) is 14.1. The third kappa shape index (κ3) is 2.66. The number of aromatic carboxylic acids is 1. The molecule has 19 heavy (non-hydrogen) atoms. The van der Waals surface area contributed by atoms with Crippen LogP contribution in [0.15, 0.2) is 16.6 Å². The van der Waals surface area contributed by atoms with Gasteiger partial charge in [0.15, 0.2) is 0 Å². The van der Waals surface area contributed by atoms with Crippen LogP contribution in [0.4, 0.5) is 5.69 Å². The maximum absolute atomic E-state index is 12.2. The Kier molecular flexibility index (Phi) is 3.67. The first-order valence-corrected chi connectivity index (χ1v) is 7.04. The van der Waals surface area contributed by atoms with Gasteiger partial charge in [0.05, 0.1) is 5.56 Å². The Labute approximate surface area is 120 Å². The van der Waals surface area contributed by atoms with E-state index in [9.17, 15) is 9.59 Å². The van der Waals surface area contributed by atoms with Crippen LogP contribution in [-0.2, 0) is 4.79 Å². The van der Waals surface area contributed by atoms with Crippen LogP contribution >= 0.6 is 15.9 Å². The molecule has 1 amide bonds. The summed E-state index contributed by atoms with van der Waals surface area (Å²) in [6.07, 6.45) is 2.65. The number of carbonyl (C=O) groups excluding carboxylic acids is 1. The third-order valence-electron chi connectivity index (χ3n) is 3.80. The first-order valence-electron chi connectivity index (χ1n) is 6.24. The van der Waals surface area contributed by atoms with Crippen LogP contribution in [-0.4, -0.2) is 17.0 Å². The molecule has 0 atom stereocenters. The molecule has 2 rings (SSSR count). The quantitative estimate of drug-likeness (QED) is 0.889. The molecule has 1 aliphatic rings. The maximum atomic E-state index is 12.2. The zero-order valence-corrected chi connectivity index (χ0v) is 12.5. The smallest absolute Gasteiger partial charge is 0.336 e. The SMILES string of the molecule is CCC1(C(=O)Nc2cc(C(=O)O)c(Br)cc2C)CC1. The fourth-order valence-electron chi connectivity index (χ4n) is 2.12. The minimum absolute atomic E-state index is 0.00300. The molecule has 2 N–H and O–H groups in total. The van der Waals surface area contributed by atoms with E-state index in [1.54, 1.807) is 6.07 Å². The van der Waals surface area contributed by atoms with Gasteiger partial charge in [0, 0.05) is 15.6 Å². The lowest BCUT2D eigenvalue weighted by Crippen LogP contribution is -2.24. The van der Waals surface area contributed by atoms with Gasteiger partial charge in [-0.2, -0.15) is 0 Å². The molecule has 0 aromatic heterocycles. The van der Waals surface area contributed by atoms with E-state index in [-0.39, 0.29) is 16.9 Å². The highest BCUT2D eigenvalue weighted by Crippen LogP contribution is 2.49. The molecule has 1 fully saturated rings. The van der Waals surface area contributed by atoms with E-state index in [0.29, 0.717) is 10.2 Å². The maximum Gasteiger partial charge on any atom is 0.336 e. The second-order valence-electron chi connectivity index (χ2n) is 5.04. The molecule has 0 aliphatic heterocycles. The van der Waals surface area contributed by atoms with Gasteiger partial charge in [0.25, 0.3) is 0 Å². The number of amides is 1. The molecule has 4 nitrogen and oxygen atoms in total. The number of carbonyl (C=O) groups is 2. The van der Waals surface area contributed by atoms with E-state index in [2.05, 4.69) is 21.2 Å². The van der Waals surface area contributed by atoms with Crippen molar-refractivity contribution in [3.8, 4) is 0 Å². The highest BCUT2D eigenvalue weighted by Gasteiger charge is 2.48. The zero-order valence-electron chi connectivity index (χ0n) is 10.9. The standard InChI is InChI=1S/C14H16BrNO3/c1-3-14(4-5-14)13(19)16-11-7-9(12(17)18)10(15)6-8(11)2/h6-7H,3-5H2,1-2H3,(H,16,19)(H,17,18). The number of carboxylic acid groups (broad SMARTS) is 1. The van der Waals surface area contributed by atoms with Gasteiger partial charge in [-0.25, -0.2) is 4.79 Å². The third-order valence-corrected chi connectivity index (χ3v) is 4.46. The van der Waals surface area contributed by atoms with Gasteiger partial charge in [-0.15, -0.1) is 0 Å². The predicted octanol–water partition coefficient (Wildman–Crippen LogP) is 3.58. The Morgan fingerprint density at radius 2 is 2.05 bits per heavy atom. The minimum atomic E-state index is -1.01. The Morgan fingerprint density at radius 1 is 1.42 bits per heavy atom. The molecular formula is C14H16BrNO3. The molecule has 0 heterocycles. The summed E-state index contributed by atoms with van der Waals surface area (Å²) in [5.74, 6) is -1.02. The number of hydrogen-bond donors (Lipinski definition) is 2. The normalized spacial score (nSPS) is 15.9. The van der Waals surface area contributed by atoms with E-state index in [1.165, 1.54) is 6.07 Å². The lowest BCUT2D eigenvalue weighted by atomic mass is 10.0. The fraction of sp³-hybridized carbons (Fsp3) is 0.429. The summed E-state index contributed by atoms with van der Waals surface area (Å²) >= 11 is 3.22. The molecule has 102 valence electrons. The predicted molar refractivity (Wildman–Crippen MR) is 76.4 cm³/mol. The minimum Gasteiger partial charge on any atom is -0.478 e. The molecular weight excluding hydrogens is 310 g/mol. The summed E-state index contributed by atoms with van der Waals surface area (Å²) in [5.41, 5.74) is 1.34. The van der Waals surface area contributed by atoms with Crippen LogP contribution < -0.4 is 5.32 Å². The van der Waals surface area contributed by atoms with Crippen molar-refractivity contribution < 1.29 is 14.7 Å². The average Bonchev–Trinajstić information content (AvgIpc) is 3.12. The van der Waals surface area contributed by atoms with Crippen LogP contribution in [0.25, 0.3) is 0 Å². The number of carboxylic acids is 1. The second-order valence-corrected chi connectivity index (χ2v) is 5.89. The molecule has 0 bridgehead atoms. The van der Waals surface area contributed by atoms with Gasteiger partial charge in [0.2, 0.25) is 5.91 Å². The van der Waals surface area contributed by atoms with Gasteiger partial charge in [0.1, 0.15) is 0 Å². The lowest BCUT2D eigenvalue weighted by Gasteiger charge is -2.15. The van der Waals surface area contributed by atoms with Crippen molar-refractivity contribution in [1.82, 2.24) is 0 Å². The van der Waals surface area contributed by atoms with Crippen molar-refractivity contribution in [2.75, 3.05) is 5.32 Å². The summed E-state index contributed by atoms with van der Waals surface area (Å²) in [6, 6.07) is 3.22. The van der Waals surface area contributed by atoms with Gasteiger partial charge in [-0.1, -0.05) is 6.92 Å². The van der Waals surface area contributed by atoms with Gasteiger partial charge in [-0.3, -0.25) is 4.79 Å². The van der Waals surface area contributed by atoms with E-state index in [1.807, 2.05) is 13.8 Å². The lowest BCUT2D eigenvalue weighted by molar-refractivity contribution is -0.121. The molecule has 0 unspecified atom stereocenters. The number of aryl methyl sites for hydroxylation is 1. The summed E-state index contributed by atoms with van der Waals surface area (Å²) in [6.45, 7) is 3.85. The Bertz CT molecular complexity index is 550. The van der Waals surface area contributed by atoms with Crippen molar-refractivity contribution in [3.63, 3.8) is 0 Å². The molecule has 0 spiro atoms. The van der Waals surface area contributed by atoms with E-state index < -0.39 is 5.97 Å². The molecule has 1 saturated carbocycles. The van der Waals surface area contributed by atoms with Crippen molar-refractivity contribution in [2.24, 2.45) is 5.41 Å². The summed E-state index contributed by atoms with van der Waals surface area (Å²) in [7, 11) is 0. The van der Waals surface area contributed by atoms with Crippen LogP contribution in [0, 0.1) is 12.3 Å². The second kappa shape index (κ2) is 4.96. The van der Waals surface area contributed by atoms with Crippen LogP contribution in [0.3, 0.4) is 0 Å². The number of anilines is 1. The van der Waals surface area contributed by atoms with Crippen LogP contribution in [0.5, 0.6) is 0 Å². The average molecular weight is 326 g/mol. The zero-order chi connectivity index (χ0) is 14.2. The van der Waals surface area contributed by atoms with Crippen molar-refractivity contribution in [1.29, 1.82) is 0 Å². The highest BCUT2D eigenvalue weighted by molar-refractivity contribution is 9.10. The number of nitrogens with one attached hydrogen (secondary N) is 1. The Balaban J connectivity index is 2.28. The number of hydrogen-bond acceptors (Lipinski definition) is 2. The molecule has 1 aromatic carbocycles. The summed E-state index contributed by atoms with van der Waals surface area (Å²) in [5, 5.41) is 12.0. The molecule has 1 aliphatic carbocycles. The monoisotopic (exact) mass is 325 g/mol. The van der Waals surface area contributed by atoms with Crippen molar-refractivity contribution >= 4 is 33.5 Å². The highest BCUT2D eigenvalue weighted by atomic mass is 79.9. The van der Waals surface area contributed by atoms with E-state index in [4.69, 9.17) is 5.11 Å². The number of benzene rings is 1. The van der Waals surface area contributed by atoms with Crippen molar-refractivity contribution in [2.45, 2.75) is 33.1 Å². The van der Waals surface area contributed by atoms with Crippen molar-refractivity contribution in [3.05, 3.63) is 27.7 Å². The molecule has 0 radical (unpaired) electrons. The largest absolute Gasteiger partial charge is 0.478 e. The van der Waals surface area contributed by atoms with Crippen LogP contribution in [0.2, 0.25) is 0 Å². The van der Waals surface area contributed by atoms with Gasteiger partial charge in [-0.05, 0) is 59.8 Å². The molecule has 1 aromatic rings. The molecule has 5 heteroatoms. The molecule has 0 saturated heterocycles. The van der Waals surface area contributed by atoms with E-state index in [0.717, 1.165) is 24.8 Å².